The maximum absolute atomic E-state index is 12.7. The van der Waals surface area contributed by atoms with Crippen LogP contribution in [0, 0.1) is 13.8 Å². The lowest BCUT2D eigenvalue weighted by molar-refractivity contribution is 0.0730. The largest absolute Gasteiger partial charge is 0.456 e. The summed E-state index contributed by atoms with van der Waals surface area (Å²) in [5, 5.41) is 2.71. The van der Waals surface area contributed by atoms with E-state index in [2.05, 4.69) is 5.32 Å². The van der Waals surface area contributed by atoms with Gasteiger partial charge in [-0.05, 0) is 43.7 Å². The first-order chi connectivity index (χ1) is 11.9. The van der Waals surface area contributed by atoms with Gasteiger partial charge in [-0.25, -0.2) is 8.42 Å². The molecule has 0 atom stereocenters. The van der Waals surface area contributed by atoms with E-state index in [1.165, 1.54) is 10.4 Å². The van der Waals surface area contributed by atoms with Gasteiger partial charge in [0, 0.05) is 18.8 Å². The number of aryl methyl sites for hydroxylation is 2. The summed E-state index contributed by atoms with van der Waals surface area (Å²) in [4.78, 5) is 12.4. The van der Waals surface area contributed by atoms with Crippen LogP contribution in [0.1, 0.15) is 21.9 Å². The van der Waals surface area contributed by atoms with Crippen LogP contribution < -0.4 is 5.32 Å². The van der Waals surface area contributed by atoms with Gasteiger partial charge in [0.2, 0.25) is 10.0 Å². The summed E-state index contributed by atoms with van der Waals surface area (Å²) in [6, 6.07) is 7.98. The average molecular weight is 364 g/mol. The van der Waals surface area contributed by atoms with Gasteiger partial charge in [-0.2, -0.15) is 4.31 Å². The number of furan rings is 1. The van der Waals surface area contributed by atoms with Crippen molar-refractivity contribution >= 4 is 21.6 Å². The molecule has 1 fully saturated rings. The van der Waals surface area contributed by atoms with Gasteiger partial charge >= 0.3 is 0 Å². The minimum absolute atomic E-state index is 0.144. The molecule has 1 aliphatic heterocycles. The first kappa shape index (κ1) is 17.7. The standard InChI is InChI=1S/C17H20N2O5S/c1-12-3-5-14(25(21,22)19-7-9-23-10-8-19)11-15(12)18-17(20)16-6-4-13(2)24-16/h3-6,11H,7-10H2,1-2H3,(H,18,20). The molecule has 2 heterocycles. The van der Waals surface area contributed by atoms with Crippen molar-refractivity contribution in [3.63, 3.8) is 0 Å². The molecule has 1 N–H and O–H groups in total. The first-order valence-corrected chi connectivity index (χ1v) is 9.38. The van der Waals surface area contributed by atoms with E-state index in [1.54, 1.807) is 38.1 Å². The second kappa shape index (κ2) is 6.99. The maximum Gasteiger partial charge on any atom is 0.291 e. The summed E-state index contributed by atoms with van der Waals surface area (Å²) < 4.78 is 37.4. The molecule has 0 spiro atoms. The molecule has 0 aliphatic carbocycles. The van der Waals surface area contributed by atoms with Gasteiger partial charge in [0.25, 0.3) is 5.91 Å². The molecular weight excluding hydrogens is 344 g/mol. The summed E-state index contributed by atoms with van der Waals surface area (Å²) in [5.41, 5.74) is 1.20. The molecule has 1 aromatic carbocycles. The predicted molar refractivity (Wildman–Crippen MR) is 92.2 cm³/mol. The Kier molecular flexibility index (Phi) is 4.94. The Morgan fingerprint density at radius 2 is 1.84 bits per heavy atom. The van der Waals surface area contributed by atoms with Crippen LogP contribution in [0.25, 0.3) is 0 Å². The molecule has 1 aromatic heterocycles. The molecule has 7 nitrogen and oxygen atoms in total. The van der Waals surface area contributed by atoms with Crippen molar-refractivity contribution < 1.29 is 22.4 Å². The zero-order valence-electron chi connectivity index (χ0n) is 14.1. The molecule has 0 radical (unpaired) electrons. The van der Waals surface area contributed by atoms with E-state index in [1.807, 2.05) is 0 Å². The van der Waals surface area contributed by atoms with Gasteiger partial charge < -0.3 is 14.5 Å². The van der Waals surface area contributed by atoms with Gasteiger partial charge in [0.15, 0.2) is 5.76 Å². The van der Waals surface area contributed by atoms with E-state index in [-0.39, 0.29) is 10.7 Å². The SMILES string of the molecule is Cc1ccc(C(=O)Nc2cc(S(=O)(=O)N3CCOCC3)ccc2C)o1. The summed E-state index contributed by atoms with van der Waals surface area (Å²) in [6.45, 7) is 4.96. The molecule has 8 heteroatoms. The lowest BCUT2D eigenvalue weighted by Crippen LogP contribution is -2.40. The number of benzene rings is 1. The van der Waals surface area contributed by atoms with E-state index >= 15 is 0 Å². The van der Waals surface area contributed by atoms with Crippen molar-refractivity contribution in [3.05, 3.63) is 47.4 Å². The minimum atomic E-state index is -3.62. The highest BCUT2D eigenvalue weighted by molar-refractivity contribution is 7.89. The van der Waals surface area contributed by atoms with E-state index in [0.717, 1.165) is 5.56 Å². The molecule has 0 bridgehead atoms. The highest BCUT2D eigenvalue weighted by Crippen LogP contribution is 2.24. The van der Waals surface area contributed by atoms with Gasteiger partial charge in [-0.3, -0.25) is 4.79 Å². The molecule has 1 saturated heterocycles. The second-order valence-corrected chi connectivity index (χ2v) is 7.80. The average Bonchev–Trinajstić information content (AvgIpc) is 3.04. The van der Waals surface area contributed by atoms with Crippen LogP contribution in [0.15, 0.2) is 39.6 Å². The third kappa shape index (κ3) is 3.76. The summed E-state index contributed by atoms with van der Waals surface area (Å²) in [6.07, 6.45) is 0. The highest BCUT2D eigenvalue weighted by atomic mass is 32.2. The van der Waals surface area contributed by atoms with Crippen LogP contribution in [0.3, 0.4) is 0 Å². The Morgan fingerprint density at radius 3 is 2.48 bits per heavy atom. The number of carbonyl (C=O) groups excluding carboxylic acids is 1. The van der Waals surface area contributed by atoms with Crippen molar-refractivity contribution in [1.82, 2.24) is 4.31 Å². The number of anilines is 1. The van der Waals surface area contributed by atoms with Crippen molar-refractivity contribution in [1.29, 1.82) is 0 Å². The van der Waals surface area contributed by atoms with E-state index < -0.39 is 15.9 Å². The first-order valence-electron chi connectivity index (χ1n) is 7.94. The second-order valence-electron chi connectivity index (χ2n) is 5.86. The van der Waals surface area contributed by atoms with Crippen molar-refractivity contribution in [2.45, 2.75) is 18.7 Å². The number of nitrogens with one attached hydrogen (secondary N) is 1. The van der Waals surface area contributed by atoms with Crippen LogP contribution >= 0.6 is 0 Å². The highest BCUT2D eigenvalue weighted by Gasteiger charge is 2.27. The Balaban J connectivity index is 1.86. The Morgan fingerprint density at radius 1 is 1.12 bits per heavy atom. The van der Waals surface area contributed by atoms with Crippen LogP contribution in [-0.2, 0) is 14.8 Å². The number of carbonyl (C=O) groups is 1. The molecule has 2 aromatic rings. The number of amides is 1. The number of nitrogens with zero attached hydrogens (tertiary/aromatic N) is 1. The molecule has 1 amide bonds. The van der Waals surface area contributed by atoms with E-state index in [0.29, 0.717) is 37.8 Å². The summed E-state index contributed by atoms with van der Waals surface area (Å²) in [7, 11) is -3.62. The third-order valence-electron chi connectivity index (χ3n) is 4.03. The van der Waals surface area contributed by atoms with Crippen LogP contribution in [0.4, 0.5) is 5.69 Å². The molecule has 3 rings (SSSR count). The predicted octanol–water partition coefficient (Wildman–Crippen LogP) is 2.17. The van der Waals surface area contributed by atoms with Crippen molar-refractivity contribution in [2.24, 2.45) is 0 Å². The normalized spacial score (nSPS) is 15.9. The maximum atomic E-state index is 12.7. The molecule has 25 heavy (non-hydrogen) atoms. The molecule has 0 unspecified atom stereocenters. The number of hydrogen-bond acceptors (Lipinski definition) is 5. The number of sulfonamides is 1. The quantitative estimate of drug-likeness (QED) is 0.898. The fourth-order valence-corrected chi connectivity index (χ4v) is 4.01. The summed E-state index contributed by atoms with van der Waals surface area (Å²) >= 11 is 0. The fraction of sp³-hybridized carbons (Fsp3) is 0.353. The molecule has 134 valence electrons. The molecule has 0 saturated carbocycles. The van der Waals surface area contributed by atoms with Crippen LogP contribution in [0.5, 0.6) is 0 Å². The topological polar surface area (TPSA) is 88.9 Å². The lowest BCUT2D eigenvalue weighted by atomic mass is 10.2. The van der Waals surface area contributed by atoms with Crippen LogP contribution in [0.2, 0.25) is 0 Å². The molecule has 1 aliphatic rings. The smallest absolute Gasteiger partial charge is 0.291 e. The van der Waals surface area contributed by atoms with Crippen molar-refractivity contribution in [2.75, 3.05) is 31.6 Å². The Bertz CT molecular complexity index is 882. The Labute approximate surface area is 146 Å². The number of ether oxygens (including phenoxy) is 1. The Hall–Kier alpha value is -2.16. The minimum Gasteiger partial charge on any atom is -0.456 e. The fourth-order valence-electron chi connectivity index (χ4n) is 2.57. The number of morpholine rings is 1. The molecular formula is C17H20N2O5S. The lowest BCUT2D eigenvalue weighted by Gasteiger charge is -2.26. The van der Waals surface area contributed by atoms with Gasteiger partial charge in [-0.15, -0.1) is 0 Å². The van der Waals surface area contributed by atoms with E-state index in [4.69, 9.17) is 9.15 Å². The monoisotopic (exact) mass is 364 g/mol. The number of hydrogen-bond donors (Lipinski definition) is 1. The van der Waals surface area contributed by atoms with E-state index in [9.17, 15) is 13.2 Å². The van der Waals surface area contributed by atoms with Gasteiger partial charge in [0.05, 0.1) is 18.1 Å². The van der Waals surface area contributed by atoms with Gasteiger partial charge in [0.1, 0.15) is 5.76 Å². The van der Waals surface area contributed by atoms with Crippen molar-refractivity contribution in [3.8, 4) is 0 Å². The number of rotatable bonds is 4. The zero-order valence-corrected chi connectivity index (χ0v) is 14.9. The van der Waals surface area contributed by atoms with Crippen LogP contribution in [-0.4, -0.2) is 44.9 Å². The van der Waals surface area contributed by atoms with Gasteiger partial charge in [-0.1, -0.05) is 6.07 Å². The summed E-state index contributed by atoms with van der Waals surface area (Å²) in [5.74, 6) is 0.390. The third-order valence-corrected chi connectivity index (χ3v) is 5.92. The zero-order chi connectivity index (χ0) is 18.0.